The Kier molecular flexibility index (Phi) is 69.0. The largest absolute Gasteiger partial charge is 0.756 e. The molecule has 0 aromatic carbocycles. The number of nitrogens with one attached hydrogen (secondary N) is 1. The van der Waals surface area contributed by atoms with Crippen molar-refractivity contribution in [3.05, 3.63) is 36.5 Å². The highest BCUT2D eigenvalue weighted by Gasteiger charge is 2.23. The number of likely N-dealkylation sites (N-methyl/N-ethyl adjacent to an activating group) is 1. The highest BCUT2D eigenvalue weighted by atomic mass is 31.2. The Bertz CT molecular complexity index is 1530. The molecule has 0 fully saturated rings. The van der Waals surface area contributed by atoms with Gasteiger partial charge in [0.2, 0.25) is 5.91 Å². The molecule has 0 aliphatic carbocycles. The number of amides is 1. The number of allylic oxidation sites excluding steroid dienone is 5. The summed E-state index contributed by atoms with van der Waals surface area (Å²) < 4.78 is 23.5. The van der Waals surface area contributed by atoms with Crippen LogP contribution in [0.25, 0.3) is 0 Å². The monoisotopic (exact) mass is 1260 g/mol. The summed E-state index contributed by atoms with van der Waals surface area (Å²) in [6.07, 6.45) is 94.7. The summed E-state index contributed by atoms with van der Waals surface area (Å²) in [7, 11) is 1.25. The summed E-state index contributed by atoms with van der Waals surface area (Å²) in [6.45, 7) is 4.69. The molecule has 3 unspecified atom stereocenters. The van der Waals surface area contributed by atoms with Crippen molar-refractivity contribution in [1.82, 2.24) is 5.32 Å². The Hall–Kier alpha value is -1.28. The molecule has 0 aromatic rings. The van der Waals surface area contributed by atoms with E-state index in [-0.39, 0.29) is 12.5 Å². The Labute approximate surface area is 550 Å². The maximum Gasteiger partial charge on any atom is 0.268 e. The molecule has 8 nitrogen and oxygen atoms in total. The van der Waals surface area contributed by atoms with Gasteiger partial charge in [-0.05, 0) is 44.9 Å². The van der Waals surface area contributed by atoms with E-state index < -0.39 is 26.6 Å². The van der Waals surface area contributed by atoms with Gasteiger partial charge in [0.25, 0.3) is 7.82 Å². The van der Waals surface area contributed by atoms with Gasteiger partial charge in [-0.15, -0.1) is 0 Å². The van der Waals surface area contributed by atoms with Gasteiger partial charge in [-0.25, -0.2) is 0 Å². The zero-order valence-electron chi connectivity index (χ0n) is 60.0. The van der Waals surface area contributed by atoms with Crippen LogP contribution in [0, 0.1) is 0 Å². The van der Waals surface area contributed by atoms with Crippen molar-refractivity contribution in [2.45, 2.75) is 424 Å². The Balaban J connectivity index is 4.01. The lowest BCUT2D eigenvalue weighted by atomic mass is 10.0. The van der Waals surface area contributed by atoms with Gasteiger partial charge in [0.1, 0.15) is 13.2 Å². The van der Waals surface area contributed by atoms with Crippen LogP contribution in [0.15, 0.2) is 36.5 Å². The summed E-state index contributed by atoms with van der Waals surface area (Å²) >= 11 is 0. The topological polar surface area (TPSA) is 108 Å². The molecule has 3 atom stereocenters. The number of quaternary nitrogens is 1. The zero-order chi connectivity index (χ0) is 64.1. The van der Waals surface area contributed by atoms with Gasteiger partial charge in [0.15, 0.2) is 0 Å². The summed E-state index contributed by atoms with van der Waals surface area (Å²) in [6, 6.07) is -0.910. The number of aliphatic hydroxyl groups excluding tert-OH is 1. The molecule has 88 heavy (non-hydrogen) atoms. The normalized spacial score (nSPS) is 13.7. The molecule has 0 saturated heterocycles. The minimum atomic E-state index is -4.62. The Morgan fingerprint density at radius 2 is 0.636 bits per heavy atom. The fraction of sp³-hybridized carbons (Fsp3) is 0.911. The van der Waals surface area contributed by atoms with E-state index in [1.165, 1.54) is 347 Å². The van der Waals surface area contributed by atoms with Crippen molar-refractivity contribution in [3.8, 4) is 0 Å². The molecular weight excluding hydrogens is 1100 g/mol. The average Bonchev–Trinajstić information content (AvgIpc) is 3.71. The van der Waals surface area contributed by atoms with Gasteiger partial charge >= 0.3 is 0 Å². The standard InChI is InChI=1S/C79H155N2O6P/c1-6-8-10-12-14-16-18-20-22-24-26-28-30-32-34-36-38-40-41-43-45-47-49-51-53-55-57-59-61-63-65-67-69-71-73-79(83)80-77(76-87-88(84,85)86-75-74-81(3,4)5)78(82)72-70-68-66-64-62-60-58-56-54-52-50-48-46-44-42-39-37-35-33-31-29-27-25-23-21-19-17-15-13-11-9-7-2/h54,56,62,64,70,72,77-78,82H,6-53,55,57-61,63,65-69,71,73-76H2,1-5H3,(H-,80,83,84,85)/b56-54+,64-62+,72-70+. The summed E-state index contributed by atoms with van der Waals surface area (Å²) in [5.41, 5.74) is 0. The van der Waals surface area contributed by atoms with Crippen molar-refractivity contribution in [3.63, 3.8) is 0 Å². The van der Waals surface area contributed by atoms with Crippen LogP contribution in [0.3, 0.4) is 0 Å². The van der Waals surface area contributed by atoms with Crippen molar-refractivity contribution in [2.24, 2.45) is 0 Å². The molecule has 0 aliphatic heterocycles. The second-order valence-electron chi connectivity index (χ2n) is 28.4. The first-order valence-electron chi connectivity index (χ1n) is 39.4. The van der Waals surface area contributed by atoms with Gasteiger partial charge < -0.3 is 28.8 Å². The summed E-state index contributed by atoms with van der Waals surface area (Å²) in [5, 5.41) is 14.0. The molecule has 1 amide bonds. The molecule has 0 rings (SSSR count). The lowest BCUT2D eigenvalue weighted by Crippen LogP contribution is -2.45. The number of nitrogens with zero attached hydrogens (tertiary/aromatic N) is 1. The van der Waals surface area contributed by atoms with Crippen LogP contribution in [0.5, 0.6) is 0 Å². The van der Waals surface area contributed by atoms with E-state index in [0.29, 0.717) is 17.4 Å². The number of carbonyl (C=O) groups is 1. The van der Waals surface area contributed by atoms with E-state index in [0.717, 1.165) is 44.9 Å². The van der Waals surface area contributed by atoms with Crippen LogP contribution < -0.4 is 10.2 Å². The number of rotatable bonds is 74. The van der Waals surface area contributed by atoms with Crippen LogP contribution in [0.4, 0.5) is 0 Å². The van der Waals surface area contributed by atoms with Gasteiger partial charge in [0.05, 0.1) is 39.9 Å². The predicted octanol–water partition coefficient (Wildman–Crippen LogP) is 24.9. The van der Waals surface area contributed by atoms with Crippen molar-refractivity contribution in [1.29, 1.82) is 0 Å². The van der Waals surface area contributed by atoms with Crippen LogP contribution in [0.2, 0.25) is 0 Å². The quantitative estimate of drug-likeness (QED) is 0.0272. The number of carbonyl (C=O) groups excluding carboxylic acids is 1. The van der Waals surface area contributed by atoms with E-state index in [9.17, 15) is 19.4 Å². The average molecular weight is 1260 g/mol. The number of hydrogen-bond donors (Lipinski definition) is 2. The molecule has 522 valence electrons. The minimum Gasteiger partial charge on any atom is -0.756 e. The molecule has 0 radical (unpaired) electrons. The molecule has 2 N–H and O–H groups in total. The number of hydrogen-bond acceptors (Lipinski definition) is 6. The molecule has 9 heteroatoms. The molecule has 0 spiro atoms. The zero-order valence-corrected chi connectivity index (χ0v) is 60.9. The highest BCUT2D eigenvalue weighted by molar-refractivity contribution is 7.45. The summed E-state index contributed by atoms with van der Waals surface area (Å²) in [4.78, 5) is 25.7. The minimum absolute atomic E-state index is 0.00694. The SMILES string of the molecule is CCCCCCCCCCCCCCCCCCCCCCCC/C=C/CC/C=C/CC/C=C/C(O)C(COP(=O)([O-])OCC[N+](C)(C)C)NC(=O)CCCCCCCCCCCCCCCCCCCCCCCCCCCCCCCCCCCC. The summed E-state index contributed by atoms with van der Waals surface area (Å²) in [5.74, 6) is -0.202. The fourth-order valence-electron chi connectivity index (χ4n) is 12.3. The second kappa shape index (κ2) is 70.0. The third-order valence-corrected chi connectivity index (χ3v) is 19.3. The van der Waals surface area contributed by atoms with E-state index in [1.807, 2.05) is 27.2 Å². The fourth-order valence-corrected chi connectivity index (χ4v) is 13.0. The van der Waals surface area contributed by atoms with Crippen molar-refractivity contribution < 1.29 is 32.9 Å². The maximum atomic E-state index is 13.1. The van der Waals surface area contributed by atoms with Gasteiger partial charge in [-0.3, -0.25) is 9.36 Å². The number of aliphatic hydroxyl groups is 1. The Morgan fingerprint density at radius 1 is 0.386 bits per heavy atom. The smallest absolute Gasteiger partial charge is 0.268 e. The predicted molar refractivity (Wildman–Crippen MR) is 385 cm³/mol. The second-order valence-corrected chi connectivity index (χ2v) is 29.8. The van der Waals surface area contributed by atoms with Gasteiger partial charge in [0, 0.05) is 6.42 Å². The Morgan fingerprint density at radius 3 is 0.920 bits per heavy atom. The lowest BCUT2D eigenvalue weighted by Gasteiger charge is -2.29. The lowest BCUT2D eigenvalue weighted by molar-refractivity contribution is -0.870. The maximum absolute atomic E-state index is 13.1. The molecule has 0 aromatic heterocycles. The van der Waals surface area contributed by atoms with Crippen LogP contribution in [-0.2, 0) is 18.4 Å². The van der Waals surface area contributed by atoms with Gasteiger partial charge in [-0.2, -0.15) is 0 Å². The molecule has 0 saturated carbocycles. The first-order valence-corrected chi connectivity index (χ1v) is 40.8. The molecule has 0 bridgehead atoms. The third-order valence-electron chi connectivity index (χ3n) is 18.3. The van der Waals surface area contributed by atoms with E-state index >= 15 is 0 Å². The van der Waals surface area contributed by atoms with Crippen LogP contribution in [0.1, 0.15) is 412 Å². The molecule has 0 heterocycles. The van der Waals surface area contributed by atoms with Crippen LogP contribution >= 0.6 is 7.82 Å². The number of phosphoric acid groups is 1. The van der Waals surface area contributed by atoms with Crippen LogP contribution in [-0.4, -0.2) is 68.5 Å². The first kappa shape index (κ1) is 86.7. The number of unbranched alkanes of at least 4 members (excludes halogenated alkanes) is 57. The van der Waals surface area contributed by atoms with Crippen molar-refractivity contribution >= 4 is 13.7 Å². The molecule has 0 aliphatic rings. The van der Waals surface area contributed by atoms with Crippen molar-refractivity contribution in [2.75, 3.05) is 40.9 Å². The van der Waals surface area contributed by atoms with E-state index in [2.05, 4.69) is 43.5 Å². The third kappa shape index (κ3) is 72.2. The van der Waals surface area contributed by atoms with E-state index in [1.54, 1.807) is 6.08 Å². The molecular formula is C79H155N2O6P. The first-order chi connectivity index (χ1) is 43.0. The van der Waals surface area contributed by atoms with E-state index in [4.69, 9.17) is 9.05 Å². The van der Waals surface area contributed by atoms with Gasteiger partial charge in [-0.1, -0.05) is 397 Å². The highest BCUT2D eigenvalue weighted by Crippen LogP contribution is 2.38. The number of phosphoric ester groups is 1.